The van der Waals surface area contributed by atoms with Crippen LogP contribution in [0.5, 0.6) is 0 Å². The van der Waals surface area contributed by atoms with Crippen molar-refractivity contribution in [3.8, 4) is 0 Å². The zero-order valence-corrected chi connectivity index (χ0v) is 12.7. The lowest BCUT2D eigenvalue weighted by Crippen LogP contribution is -2.47. The molecular weight excluding hydrogens is 306 g/mol. The van der Waals surface area contributed by atoms with Crippen molar-refractivity contribution in [3.05, 3.63) is 28.2 Å². The van der Waals surface area contributed by atoms with Gasteiger partial charge >= 0.3 is 0 Å². The number of halogens is 1. The van der Waals surface area contributed by atoms with Crippen molar-refractivity contribution in [2.75, 3.05) is 18.0 Å². The first-order chi connectivity index (χ1) is 9.02. The highest BCUT2D eigenvalue weighted by Crippen LogP contribution is 2.32. The molecule has 0 bridgehead atoms. The molecule has 1 aromatic rings. The van der Waals surface area contributed by atoms with Crippen molar-refractivity contribution < 1.29 is 4.79 Å². The van der Waals surface area contributed by atoms with Gasteiger partial charge in [0, 0.05) is 23.6 Å². The Kier molecular flexibility index (Phi) is 4.47. The molecule has 5 heteroatoms. The van der Waals surface area contributed by atoms with Crippen LogP contribution in [-0.4, -0.2) is 25.0 Å². The molecule has 1 aliphatic rings. The van der Waals surface area contributed by atoms with Gasteiger partial charge in [-0.25, -0.2) is 0 Å². The zero-order chi connectivity index (χ0) is 14.0. The Hall–Kier alpha value is -1.07. The van der Waals surface area contributed by atoms with Crippen LogP contribution in [0.4, 0.5) is 5.69 Å². The van der Waals surface area contributed by atoms with E-state index in [9.17, 15) is 4.79 Å². The van der Waals surface area contributed by atoms with E-state index in [-0.39, 0.29) is 6.04 Å². The molecule has 4 nitrogen and oxygen atoms in total. The molecule has 0 spiro atoms. The standard InChI is InChI=1S/C14H20BrN3O/c1-9-4-5-18(11(6-9)8-16)13-7-10(15)2-3-12(13)14(17)19/h2-3,7,9,11H,4-6,8,16H2,1H3,(H2,17,19). The van der Waals surface area contributed by atoms with Crippen molar-refractivity contribution in [2.24, 2.45) is 17.4 Å². The first kappa shape index (κ1) is 14.3. The van der Waals surface area contributed by atoms with Gasteiger partial charge in [0.1, 0.15) is 0 Å². The molecular formula is C14H20BrN3O. The maximum absolute atomic E-state index is 11.6. The Morgan fingerprint density at radius 1 is 1.53 bits per heavy atom. The number of anilines is 1. The molecule has 2 atom stereocenters. The molecule has 2 unspecified atom stereocenters. The summed E-state index contributed by atoms with van der Waals surface area (Å²) in [6.07, 6.45) is 2.17. The van der Waals surface area contributed by atoms with Gasteiger partial charge in [0.25, 0.3) is 5.91 Å². The minimum Gasteiger partial charge on any atom is -0.367 e. The summed E-state index contributed by atoms with van der Waals surface area (Å²) >= 11 is 3.46. The maximum atomic E-state index is 11.6. The van der Waals surface area contributed by atoms with Crippen LogP contribution in [0.2, 0.25) is 0 Å². The van der Waals surface area contributed by atoms with Gasteiger partial charge in [-0.15, -0.1) is 0 Å². The summed E-state index contributed by atoms with van der Waals surface area (Å²) in [5.74, 6) is 0.283. The Morgan fingerprint density at radius 2 is 2.26 bits per heavy atom. The van der Waals surface area contributed by atoms with Crippen LogP contribution in [0.15, 0.2) is 22.7 Å². The number of nitrogens with two attached hydrogens (primary N) is 2. The summed E-state index contributed by atoms with van der Waals surface area (Å²) < 4.78 is 0.946. The van der Waals surface area contributed by atoms with E-state index in [4.69, 9.17) is 11.5 Å². The number of hydrogen-bond donors (Lipinski definition) is 2. The first-order valence-electron chi connectivity index (χ1n) is 6.59. The first-order valence-corrected chi connectivity index (χ1v) is 7.38. The van der Waals surface area contributed by atoms with Gasteiger partial charge in [0.15, 0.2) is 0 Å². The molecule has 1 aromatic carbocycles. The second kappa shape index (κ2) is 5.92. The van der Waals surface area contributed by atoms with Crippen molar-refractivity contribution in [1.29, 1.82) is 0 Å². The second-order valence-corrected chi connectivity index (χ2v) is 6.15. The smallest absolute Gasteiger partial charge is 0.250 e. The van der Waals surface area contributed by atoms with Crippen LogP contribution in [0.1, 0.15) is 30.1 Å². The number of primary amides is 1. The average Bonchev–Trinajstić information content (AvgIpc) is 2.38. The lowest BCUT2D eigenvalue weighted by Gasteiger charge is -2.40. The van der Waals surface area contributed by atoms with E-state index in [0.717, 1.165) is 29.5 Å². The molecule has 104 valence electrons. The van der Waals surface area contributed by atoms with Gasteiger partial charge in [-0.2, -0.15) is 0 Å². The molecule has 1 saturated heterocycles. The van der Waals surface area contributed by atoms with Crippen molar-refractivity contribution in [3.63, 3.8) is 0 Å². The third-order valence-corrected chi connectivity index (χ3v) is 4.28. The van der Waals surface area contributed by atoms with E-state index in [2.05, 4.69) is 27.8 Å². The number of rotatable bonds is 3. The van der Waals surface area contributed by atoms with Gasteiger partial charge in [-0.05, 0) is 37.0 Å². The van der Waals surface area contributed by atoms with Gasteiger partial charge in [0.05, 0.1) is 11.3 Å². The fraction of sp³-hybridized carbons (Fsp3) is 0.500. The van der Waals surface area contributed by atoms with Crippen LogP contribution in [0.3, 0.4) is 0 Å². The number of piperidine rings is 1. The van der Waals surface area contributed by atoms with E-state index in [1.807, 2.05) is 12.1 Å². The Morgan fingerprint density at radius 3 is 2.89 bits per heavy atom. The van der Waals surface area contributed by atoms with Gasteiger partial charge in [-0.3, -0.25) is 4.79 Å². The molecule has 0 saturated carbocycles. The van der Waals surface area contributed by atoms with E-state index < -0.39 is 5.91 Å². The molecule has 2 rings (SSSR count). The number of amides is 1. The van der Waals surface area contributed by atoms with Gasteiger partial charge in [0.2, 0.25) is 0 Å². The fourth-order valence-corrected chi connectivity index (χ4v) is 3.09. The molecule has 1 heterocycles. The molecule has 1 fully saturated rings. The van der Waals surface area contributed by atoms with Crippen molar-refractivity contribution in [2.45, 2.75) is 25.8 Å². The highest BCUT2D eigenvalue weighted by atomic mass is 79.9. The quantitative estimate of drug-likeness (QED) is 0.894. The number of benzene rings is 1. The van der Waals surface area contributed by atoms with E-state index >= 15 is 0 Å². The van der Waals surface area contributed by atoms with Crippen LogP contribution in [0, 0.1) is 5.92 Å². The molecule has 1 amide bonds. The summed E-state index contributed by atoms with van der Waals surface area (Å²) in [7, 11) is 0. The molecule has 0 radical (unpaired) electrons. The maximum Gasteiger partial charge on any atom is 0.250 e. The summed E-state index contributed by atoms with van der Waals surface area (Å²) in [6, 6.07) is 5.84. The lowest BCUT2D eigenvalue weighted by atomic mass is 9.91. The second-order valence-electron chi connectivity index (χ2n) is 5.24. The number of carbonyl (C=O) groups excluding carboxylic acids is 1. The van der Waals surface area contributed by atoms with E-state index in [0.29, 0.717) is 18.0 Å². The largest absolute Gasteiger partial charge is 0.367 e. The SMILES string of the molecule is CC1CCN(c2cc(Br)ccc2C(N)=O)C(CN)C1. The average molecular weight is 326 g/mol. The monoisotopic (exact) mass is 325 g/mol. The summed E-state index contributed by atoms with van der Waals surface area (Å²) in [6.45, 7) is 3.75. The summed E-state index contributed by atoms with van der Waals surface area (Å²) in [5.41, 5.74) is 12.8. The zero-order valence-electron chi connectivity index (χ0n) is 11.1. The number of nitrogens with zero attached hydrogens (tertiary/aromatic N) is 1. The molecule has 0 aliphatic carbocycles. The van der Waals surface area contributed by atoms with Crippen molar-refractivity contribution in [1.82, 2.24) is 0 Å². The predicted octanol–water partition coefficient (Wildman–Crippen LogP) is 2.11. The van der Waals surface area contributed by atoms with Crippen molar-refractivity contribution >= 4 is 27.5 Å². The highest BCUT2D eigenvalue weighted by molar-refractivity contribution is 9.10. The normalized spacial score (nSPS) is 23.4. The van der Waals surface area contributed by atoms with Crippen LogP contribution in [0.25, 0.3) is 0 Å². The third kappa shape index (κ3) is 3.09. The minimum absolute atomic E-state index is 0.274. The number of carbonyl (C=O) groups is 1. The van der Waals surface area contributed by atoms with E-state index in [1.54, 1.807) is 6.07 Å². The fourth-order valence-electron chi connectivity index (χ4n) is 2.74. The number of hydrogen-bond acceptors (Lipinski definition) is 3. The molecule has 19 heavy (non-hydrogen) atoms. The van der Waals surface area contributed by atoms with Crippen LogP contribution in [-0.2, 0) is 0 Å². The lowest BCUT2D eigenvalue weighted by molar-refractivity contribution is 0.100. The Labute approximate surface area is 122 Å². The third-order valence-electron chi connectivity index (χ3n) is 3.78. The van der Waals surface area contributed by atoms with Gasteiger partial charge in [-0.1, -0.05) is 22.9 Å². The van der Waals surface area contributed by atoms with Crippen LogP contribution >= 0.6 is 15.9 Å². The minimum atomic E-state index is -0.392. The molecule has 4 N–H and O–H groups in total. The Balaban J connectivity index is 2.39. The topological polar surface area (TPSA) is 72.3 Å². The molecule has 0 aromatic heterocycles. The Bertz CT molecular complexity index is 478. The highest BCUT2D eigenvalue weighted by Gasteiger charge is 2.27. The summed E-state index contributed by atoms with van der Waals surface area (Å²) in [4.78, 5) is 13.8. The van der Waals surface area contributed by atoms with Crippen LogP contribution < -0.4 is 16.4 Å². The summed E-state index contributed by atoms with van der Waals surface area (Å²) in [5, 5.41) is 0. The van der Waals surface area contributed by atoms with Gasteiger partial charge < -0.3 is 16.4 Å². The molecule has 1 aliphatic heterocycles. The predicted molar refractivity (Wildman–Crippen MR) is 81.2 cm³/mol. The van der Waals surface area contributed by atoms with E-state index in [1.165, 1.54) is 0 Å².